The van der Waals surface area contributed by atoms with Crippen LogP contribution >= 0.6 is 0 Å². The van der Waals surface area contributed by atoms with Gasteiger partial charge in [-0.3, -0.25) is 4.79 Å². The summed E-state index contributed by atoms with van der Waals surface area (Å²) in [6.45, 7) is 2.81. The summed E-state index contributed by atoms with van der Waals surface area (Å²) in [5, 5.41) is 3.03. The van der Waals surface area contributed by atoms with Gasteiger partial charge in [-0.2, -0.15) is 0 Å². The number of ether oxygens (including phenoxy) is 1. The van der Waals surface area contributed by atoms with Gasteiger partial charge in [0.05, 0.1) is 12.1 Å². The van der Waals surface area contributed by atoms with E-state index >= 15 is 0 Å². The number of carbonyl (C=O) groups excluding carboxylic acids is 1. The third kappa shape index (κ3) is 3.37. The fourth-order valence-corrected chi connectivity index (χ4v) is 2.82. The molecule has 1 fully saturated rings. The van der Waals surface area contributed by atoms with E-state index in [2.05, 4.69) is 17.4 Å². The summed E-state index contributed by atoms with van der Waals surface area (Å²) in [7, 11) is 0. The van der Waals surface area contributed by atoms with Crippen LogP contribution in [0.15, 0.2) is 54.6 Å². The fraction of sp³-hybridized carbons (Fsp3) is 0.316. The summed E-state index contributed by atoms with van der Waals surface area (Å²) in [4.78, 5) is 12.3. The second kappa shape index (κ2) is 6.75. The maximum Gasteiger partial charge on any atom is 0.251 e. The Hall–Kier alpha value is -2.13. The third-order valence-corrected chi connectivity index (χ3v) is 4.14. The number of amides is 1. The summed E-state index contributed by atoms with van der Waals surface area (Å²) in [6.07, 6.45) is 2.25. The fourth-order valence-electron chi connectivity index (χ4n) is 2.82. The molecular formula is C19H21NO2. The first-order chi connectivity index (χ1) is 10.7. The predicted molar refractivity (Wildman–Crippen MR) is 87.8 cm³/mol. The number of rotatable bonds is 4. The van der Waals surface area contributed by atoms with Crippen molar-refractivity contribution in [2.45, 2.75) is 31.9 Å². The summed E-state index contributed by atoms with van der Waals surface area (Å²) >= 11 is 0. The molecule has 1 aliphatic heterocycles. The Morgan fingerprint density at radius 2 is 1.77 bits per heavy atom. The van der Waals surface area contributed by atoms with Crippen LogP contribution in [0.2, 0.25) is 0 Å². The summed E-state index contributed by atoms with van der Waals surface area (Å²) < 4.78 is 5.61. The minimum Gasteiger partial charge on any atom is -0.376 e. The molecule has 0 spiro atoms. The second-order valence-corrected chi connectivity index (χ2v) is 5.76. The molecule has 1 heterocycles. The minimum absolute atomic E-state index is 0.0392. The van der Waals surface area contributed by atoms with Crippen LogP contribution in [0.5, 0.6) is 0 Å². The molecule has 1 aliphatic rings. The van der Waals surface area contributed by atoms with Crippen molar-refractivity contribution in [2.24, 2.45) is 0 Å². The van der Waals surface area contributed by atoms with Crippen LogP contribution in [0.1, 0.15) is 30.1 Å². The van der Waals surface area contributed by atoms with Crippen LogP contribution < -0.4 is 5.32 Å². The molecule has 3 rings (SSSR count). The molecular weight excluding hydrogens is 274 g/mol. The highest BCUT2D eigenvalue weighted by atomic mass is 16.5. The molecule has 3 heteroatoms. The SMILES string of the molecule is C[C@H](NC(=O)c1ccc(-c2ccccc2)cc1)[C@@H]1CCCO1. The molecule has 0 radical (unpaired) electrons. The van der Waals surface area contributed by atoms with E-state index in [4.69, 9.17) is 4.74 Å². The van der Waals surface area contributed by atoms with E-state index in [1.165, 1.54) is 0 Å². The van der Waals surface area contributed by atoms with E-state index in [1.54, 1.807) is 0 Å². The second-order valence-electron chi connectivity index (χ2n) is 5.76. The average molecular weight is 295 g/mol. The van der Waals surface area contributed by atoms with Crippen molar-refractivity contribution in [1.29, 1.82) is 0 Å². The molecule has 2 aromatic carbocycles. The lowest BCUT2D eigenvalue weighted by Gasteiger charge is -2.20. The van der Waals surface area contributed by atoms with Crippen molar-refractivity contribution >= 4 is 5.91 Å². The maximum absolute atomic E-state index is 12.3. The Bertz CT molecular complexity index is 616. The first-order valence-electron chi connectivity index (χ1n) is 7.82. The zero-order valence-corrected chi connectivity index (χ0v) is 12.8. The van der Waals surface area contributed by atoms with Crippen molar-refractivity contribution in [3.05, 3.63) is 60.2 Å². The zero-order valence-electron chi connectivity index (χ0n) is 12.8. The van der Waals surface area contributed by atoms with Crippen molar-refractivity contribution in [2.75, 3.05) is 6.61 Å². The minimum atomic E-state index is -0.0392. The number of carbonyl (C=O) groups is 1. The first kappa shape index (κ1) is 14.8. The van der Waals surface area contributed by atoms with Gasteiger partial charge in [0, 0.05) is 12.2 Å². The van der Waals surface area contributed by atoms with Gasteiger partial charge in [0.25, 0.3) is 5.91 Å². The van der Waals surface area contributed by atoms with E-state index < -0.39 is 0 Å². The Balaban J connectivity index is 1.66. The quantitative estimate of drug-likeness (QED) is 0.935. The molecule has 0 bridgehead atoms. The normalized spacial score (nSPS) is 18.9. The molecule has 0 saturated carbocycles. The average Bonchev–Trinajstić information content (AvgIpc) is 3.10. The van der Waals surface area contributed by atoms with Crippen LogP contribution in [0.3, 0.4) is 0 Å². The highest BCUT2D eigenvalue weighted by molar-refractivity contribution is 5.94. The van der Waals surface area contributed by atoms with Gasteiger partial charge in [0.2, 0.25) is 0 Å². The van der Waals surface area contributed by atoms with Gasteiger partial charge < -0.3 is 10.1 Å². The van der Waals surface area contributed by atoms with Crippen LogP contribution in [0.25, 0.3) is 11.1 Å². The number of benzene rings is 2. The Morgan fingerprint density at radius 1 is 1.09 bits per heavy atom. The van der Waals surface area contributed by atoms with Crippen LogP contribution in [-0.4, -0.2) is 24.7 Å². The lowest BCUT2D eigenvalue weighted by Crippen LogP contribution is -2.40. The molecule has 22 heavy (non-hydrogen) atoms. The highest BCUT2D eigenvalue weighted by Crippen LogP contribution is 2.20. The molecule has 2 atom stereocenters. The molecule has 1 saturated heterocycles. The number of hydrogen-bond donors (Lipinski definition) is 1. The lowest BCUT2D eigenvalue weighted by atomic mass is 10.0. The van der Waals surface area contributed by atoms with Gasteiger partial charge in [0.15, 0.2) is 0 Å². The highest BCUT2D eigenvalue weighted by Gasteiger charge is 2.23. The van der Waals surface area contributed by atoms with Gasteiger partial charge in [0.1, 0.15) is 0 Å². The van der Waals surface area contributed by atoms with Crippen molar-refractivity contribution in [3.63, 3.8) is 0 Å². The smallest absolute Gasteiger partial charge is 0.251 e. The largest absolute Gasteiger partial charge is 0.376 e. The lowest BCUT2D eigenvalue weighted by molar-refractivity contribution is 0.0712. The molecule has 0 aromatic heterocycles. The first-order valence-corrected chi connectivity index (χ1v) is 7.82. The van der Waals surface area contributed by atoms with Gasteiger partial charge in [-0.25, -0.2) is 0 Å². The van der Waals surface area contributed by atoms with E-state index in [1.807, 2.05) is 49.4 Å². The van der Waals surface area contributed by atoms with Gasteiger partial charge in [-0.15, -0.1) is 0 Å². The Morgan fingerprint density at radius 3 is 2.41 bits per heavy atom. The van der Waals surface area contributed by atoms with Crippen molar-refractivity contribution in [1.82, 2.24) is 5.32 Å². The Labute approximate surface area is 131 Å². The van der Waals surface area contributed by atoms with Gasteiger partial charge in [-0.1, -0.05) is 42.5 Å². The van der Waals surface area contributed by atoms with Crippen LogP contribution in [-0.2, 0) is 4.74 Å². The molecule has 1 N–H and O–H groups in total. The summed E-state index contributed by atoms with van der Waals surface area (Å²) in [5.74, 6) is -0.0392. The molecule has 2 aromatic rings. The molecule has 0 unspecified atom stereocenters. The standard InChI is InChI=1S/C19H21NO2/c1-14(18-8-5-13-22-18)20-19(21)17-11-9-16(10-12-17)15-6-3-2-4-7-15/h2-4,6-7,9-12,14,18H,5,8,13H2,1H3,(H,20,21)/t14-,18-/m0/s1. The van der Waals surface area contributed by atoms with E-state index in [9.17, 15) is 4.79 Å². The number of nitrogens with one attached hydrogen (secondary N) is 1. The Kier molecular flexibility index (Phi) is 4.54. The predicted octanol–water partition coefficient (Wildman–Crippen LogP) is 3.65. The summed E-state index contributed by atoms with van der Waals surface area (Å²) in [6, 6.07) is 17.9. The topological polar surface area (TPSA) is 38.3 Å². The molecule has 1 amide bonds. The summed E-state index contributed by atoms with van der Waals surface area (Å²) in [5.41, 5.74) is 2.95. The van der Waals surface area contributed by atoms with Crippen molar-refractivity contribution < 1.29 is 9.53 Å². The monoisotopic (exact) mass is 295 g/mol. The van der Waals surface area contributed by atoms with E-state index in [-0.39, 0.29) is 18.1 Å². The van der Waals surface area contributed by atoms with E-state index in [0.717, 1.165) is 30.6 Å². The third-order valence-electron chi connectivity index (χ3n) is 4.14. The van der Waals surface area contributed by atoms with Crippen LogP contribution in [0, 0.1) is 0 Å². The van der Waals surface area contributed by atoms with Gasteiger partial charge in [-0.05, 0) is 43.0 Å². The molecule has 3 nitrogen and oxygen atoms in total. The molecule has 114 valence electrons. The number of hydrogen-bond acceptors (Lipinski definition) is 2. The maximum atomic E-state index is 12.3. The zero-order chi connectivity index (χ0) is 15.4. The molecule has 0 aliphatic carbocycles. The van der Waals surface area contributed by atoms with E-state index in [0.29, 0.717) is 5.56 Å². The van der Waals surface area contributed by atoms with Crippen LogP contribution in [0.4, 0.5) is 0 Å². The van der Waals surface area contributed by atoms with Gasteiger partial charge >= 0.3 is 0 Å². The van der Waals surface area contributed by atoms with Crippen molar-refractivity contribution in [3.8, 4) is 11.1 Å².